The lowest BCUT2D eigenvalue weighted by Gasteiger charge is -2.21. The Kier molecular flexibility index (Phi) is 7.30. The number of aromatic nitrogens is 3. The summed E-state index contributed by atoms with van der Waals surface area (Å²) in [5, 5.41) is 4.47. The van der Waals surface area contributed by atoms with Crippen LogP contribution in [0.2, 0.25) is 5.02 Å². The van der Waals surface area contributed by atoms with Gasteiger partial charge in [0.25, 0.3) is 17.7 Å². The summed E-state index contributed by atoms with van der Waals surface area (Å²) in [6.07, 6.45) is 1.11. The lowest BCUT2D eigenvalue weighted by Crippen LogP contribution is -2.35. The highest BCUT2D eigenvalue weighted by Crippen LogP contribution is 2.35. The number of alkyl halides is 3. The van der Waals surface area contributed by atoms with Gasteiger partial charge in [-0.15, -0.1) is 0 Å². The molecule has 3 amide bonds. The Labute approximate surface area is 196 Å². The van der Waals surface area contributed by atoms with E-state index in [0.29, 0.717) is 23.6 Å². The summed E-state index contributed by atoms with van der Waals surface area (Å²) in [6.45, 7) is 1.69. The second kappa shape index (κ2) is 10.00. The molecule has 4 N–H and O–H groups in total. The molecule has 0 fully saturated rings. The topological polar surface area (TPSA) is 140 Å². The Bertz CT molecular complexity index is 1210. The van der Waals surface area contributed by atoms with Crippen LogP contribution in [0.4, 0.5) is 19.0 Å². The van der Waals surface area contributed by atoms with Gasteiger partial charge in [-0.3, -0.25) is 14.4 Å². The number of nitrogens with one attached hydrogen (secondary N) is 2. The normalized spacial score (nSPS) is 14.5. The van der Waals surface area contributed by atoms with E-state index < -0.39 is 40.5 Å². The monoisotopic (exact) mass is 494 g/mol. The number of hydrogen-bond donors (Lipinski definition) is 3. The molecule has 13 heteroatoms. The number of carbonyl (C=O) groups excluding carboxylic acids is 3. The number of rotatable bonds is 6. The number of nitrogens with zero attached hydrogens (tertiary/aromatic N) is 3. The lowest BCUT2D eigenvalue weighted by molar-refractivity contribution is -0.137. The number of primary amides is 1. The van der Waals surface area contributed by atoms with Gasteiger partial charge in [0.2, 0.25) is 0 Å². The van der Waals surface area contributed by atoms with Crippen molar-refractivity contribution in [2.24, 2.45) is 5.73 Å². The van der Waals surface area contributed by atoms with E-state index >= 15 is 0 Å². The molecule has 1 unspecified atom stereocenters. The maximum atomic E-state index is 13.0. The zero-order valence-corrected chi connectivity index (χ0v) is 18.4. The highest BCUT2D eigenvalue weighted by molar-refractivity contribution is 6.31. The smallest absolute Gasteiger partial charge is 0.364 e. The third kappa shape index (κ3) is 5.95. The van der Waals surface area contributed by atoms with Crippen molar-refractivity contribution in [3.8, 4) is 0 Å². The van der Waals surface area contributed by atoms with E-state index in [0.717, 1.165) is 18.6 Å². The van der Waals surface area contributed by atoms with Crippen LogP contribution in [0.5, 0.6) is 0 Å². The minimum Gasteiger partial charge on any atom is -0.364 e. The van der Waals surface area contributed by atoms with Crippen molar-refractivity contribution >= 4 is 35.1 Å². The third-order valence-corrected chi connectivity index (χ3v) is 5.19. The van der Waals surface area contributed by atoms with Gasteiger partial charge in [0, 0.05) is 30.3 Å². The second-order valence-corrected chi connectivity index (χ2v) is 7.68. The van der Waals surface area contributed by atoms with E-state index in [2.05, 4.69) is 25.6 Å². The Hall–Kier alpha value is -3.80. The molecule has 0 aromatic carbocycles. The van der Waals surface area contributed by atoms with Gasteiger partial charge in [-0.05, 0) is 25.0 Å². The standard InChI is InChI=1S/C21H18ClF3N6O3/c1-10(30-20(34)16-7-15(18(26)32)28-9-29-16)11-3-2-4-12(5-11)19(33)31-17-6-13(21(23,24)25)14(22)8-27-17/h3-4,6-10H,2,5H2,1H3,(H2,26,32)(H,30,34)(H,27,31,33). The maximum absolute atomic E-state index is 13.0. The van der Waals surface area contributed by atoms with E-state index in [9.17, 15) is 27.6 Å². The van der Waals surface area contributed by atoms with Gasteiger partial charge in [-0.1, -0.05) is 23.8 Å². The second-order valence-electron chi connectivity index (χ2n) is 7.27. The summed E-state index contributed by atoms with van der Waals surface area (Å²) in [5.41, 5.74) is 4.86. The number of allylic oxidation sites excluding steroid dienone is 2. The molecule has 0 spiro atoms. The number of anilines is 1. The zero-order valence-electron chi connectivity index (χ0n) is 17.6. The van der Waals surface area contributed by atoms with Gasteiger partial charge < -0.3 is 16.4 Å². The molecule has 0 saturated heterocycles. The van der Waals surface area contributed by atoms with Crippen LogP contribution in [0.1, 0.15) is 46.3 Å². The van der Waals surface area contributed by atoms with Crippen molar-refractivity contribution < 1.29 is 27.6 Å². The fourth-order valence-corrected chi connectivity index (χ4v) is 3.33. The van der Waals surface area contributed by atoms with Crippen molar-refractivity contribution in [1.82, 2.24) is 20.3 Å². The molecule has 0 saturated carbocycles. The highest BCUT2D eigenvalue weighted by atomic mass is 35.5. The molecule has 0 bridgehead atoms. The first-order valence-electron chi connectivity index (χ1n) is 9.80. The molecule has 2 heterocycles. The summed E-state index contributed by atoms with van der Waals surface area (Å²) in [4.78, 5) is 47.6. The van der Waals surface area contributed by atoms with E-state index in [1.54, 1.807) is 13.0 Å². The summed E-state index contributed by atoms with van der Waals surface area (Å²) in [6, 6.07) is 1.30. The fraction of sp³-hybridized carbons (Fsp3) is 0.238. The Morgan fingerprint density at radius 3 is 2.47 bits per heavy atom. The average Bonchev–Trinajstić information content (AvgIpc) is 2.79. The number of hydrogen-bond acceptors (Lipinski definition) is 6. The first kappa shape index (κ1) is 24.8. The molecule has 3 rings (SSSR count). The molecule has 0 radical (unpaired) electrons. The SMILES string of the molecule is CC(NC(=O)c1cc(C(N)=O)ncn1)C1=CCC=C(C(=O)Nc2cc(C(F)(F)F)c(Cl)cn2)C1. The van der Waals surface area contributed by atoms with Crippen LogP contribution in [0, 0.1) is 0 Å². The molecule has 1 aliphatic carbocycles. The van der Waals surface area contributed by atoms with Crippen LogP contribution < -0.4 is 16.4 Å². The highest BCUT2D eigenvalue weighted by Gasteiger charge is 2.34. The molecule has 34 heavy (non-hydrogen) atoms. The fourth-order valence-electron chi connectivity index (χ4n) is 3.12. The minimum atomic E-state index is -4.70. The van der Waals surface area contributed by atoms with Gasteiger partial charge in [0.15, 0.2) is 0 Å². The van der Waals surface area contributed by atoms with Crippen molar-refractivity contribution in [3.63, 3.8) is 0 Å². The number of pyridine rings is 1. The molecular formula is C21H18ClF3N6O3. The summed E-state index contributed by atoms with van der Waals surface area (Å²) >= 11 is 5.55. The number of amides is 3. The zero-order chi connectivity index (χ0) is 25.0. The average molecular weight is 495 g/mol. The molecule has 178 valence electrons. The lowest BCUT2D eigenvalue weighted by atomic mass is 9.93. The number of halogens is 4. The van der Waals surface area contributed by atoms with Gasteiger partial charge in [0.1, 0.15) is 23.5 Å². The van der Waals surface area contributed by atoms with Crippen LogP contribution in [0.3, 0.4) is 0 Å². The first-order chi connectivity index (χ1) is 16.0. The molecule has 1 atom stereocenters. The van der Waals surface area contributed by atoms with Crippen molar-refractivity contribution in [1.29, 1.82) is 0 Å². The van der Waals surface area contributed by atoms with E-state index in [1.807, 2.05) is 6.08 Å². The van der Waals surface area contributed by atoms with E-state index in [4.69, 9.17) is 17.3 Å². The first-order valence-corrected chi connectivity index (χ1v) is 10.2. The molecule has 1 aliphatic rings. The van der Waals surface area contributed by atoms with E-state index in [1.165, 1.54) is 0 Å². The van der Waals surface area contributed by atoms with Crippen LogP contribution in [0.15, 0.2) is 48.0 Å². The molecule has 2 aromatic heterocycles. The predicted molar refractivity (Wildman–Crippen MR) is 116 cm³/mol. The summed E-state index contributed by atoms with van der Waals surface area (Å²) in [7, 11) is 0. The van der Waals surface area contributed by atoms with Gasteiger partial charge in [-0.2, -0.15) is 13.2 Å². The van der Waals surface area contributed by atoms with Crippen LogP contribution in [-0.4, -0.2) is 38.7 Å². The molecule has 2 aromatic rings. The van der Waals surface area contributed by atoms with Gasteiger partial charge >= 0.3 is 6.18 Å². The maximum Gasteiger partial charge on any atom is 0.418 e. The number of carbonyl (C=O) groups is 3. The van der Waals surface area contributed by atoms with E-state index in [-0.39, 0.29) is 23.6 Å². The van der Waals surface area contributed by atoms with Crippen LogP contribution in [0.25, 0.3) is 0 Å². The van der Waals surface area contributed by atoms with Gasteiger partial charge in [0.05, 0.1) is 10.6 Å². The van der Waals surface area contributed by atoms with Crippen molar-refractivity contribution in [2.45, 2.75) is 32.0 Å². The van der Waals surface area contributed by atoms with Crippen molar-refractivity contribution in [3.05, 3.63) is 69.9 Å². The molecular weight excluding hydrogens is 477 g/mol. The minimum absolute atomic E-state index is 0.0603. The summed E-state index contributed by atoms with van der Waals surface area (Å²) in [5.74, 6) is -2.32. The Morgan fingerprint density at radius 2 is 1.79 bits per heavy atom. The predicted octanol–water partition coefficient (Wildman–Crippen LogP) is 3.05. The summed E-state index contributed by atoms with van der Waals surface area (Å²) < 4.78 is 39.1. The van der Waals surface area contributed by atoms with Gasteiger partial charge in [-0.25, -0.2) is 15.0 Å². The Morgan fingerprint density at radius 1 is 1.09 bits per heavy atom. The number of nitrogens with two attached hydrogens (primary N) is 1. The Balaban J connectivity index is 1.65. The molecule has 0 aliphatic heterocycles. The van der Waals surface area contributed by atoms with Crippen LogP contribution >= 0.6 is 11.6 Å². The third-order valence-electron chi connectivity index (χ3n) is 4.89. The van der Waals surface area contributed by atoms with Crippen molar-refractivity contribution in [2.75, 3.05) is 5.32 Å². The molecule has 9 nitrogen and oxygen atoms in total. The quantitative estimate of drug-likeness (QED) is 0.527. The van der Waals surface area contributed by atoms with Crippen LogP contribution in [-0.2, 0) is 11.0 Å². The largest absolute Gasteiger partial charge is 0.418 e.